The Kier molecular flexibility index (Phi) is 7.40. The van der Waals surface area contributed by atoms with Crippen molar-refractivity contribution in [2.45, 2.75) is 39.2 Å². The Morgan fingerprint density at radius 3 is 2.45 bits per heavy atom. The van der Waals surface area contributed by atoms with Crippen LogP contribution in [0.15, 0.2) is 72.9 Å². The van der Waals surface area contributed by atoms with E-state index < -0.39 is 6.04 Å². The molecule has 4 rings (SSSR count). The molecule has 1 saturated heterocycles. The Morgan fingerprint density at radius 1 is 1.06 bits per heavy atom. The van der Waals surface area contributed by atoms with Crippen molar-refractivity contribution in [1.29, 1.82) is 0 Å². The first kappa shape index (κ1) is 23.0. The van der Waals surface area contributed by atoms with E-state index in [9.17, 15) is 4.79 Å². The fraction of sp³-hybridized carbons (Fsp3) is 0.357. The summed E-state index contributed by atoms with van der Waals surface area (Å²) in [6.45, 7) is 9.36. The quantitative estimate of drug-likeness (QED) is 0.496. The van der Waals surface area contributed by atoms with Crippen LogP contribution in [0.3, 0.4) is 0 Å². The van der Waals surface area contributed by atoms with Crippen molar-refractivity contribution in [3.8, 4) is 0 Å². The van der Waals surface area contributed by atoms with E-state index in [1.807, 2.05) is 48.7 Å². The maximum Gasteiger partial charge on any atom is 0.247 e. The molecule has 3 aromatic rings. The van der Waals surface area contributed by atoms with Gasteiger partial charge in [0.05, 0.1) is 11.9 Å². The highest BCUT2D eigenvalue weighted by atomic mass is 16.2. The monoisotopic (exact) mass is 442 g/mol. The summed E-state index contributed by atoms with van der Waals surface area (Å²) in [5.74, 6) is 1.46. The molecule has 2 N–H and O–H groups in total. The lowest BCUT2D eigenvalue weighted by Crippen LogP contribution is -2.35. The van der Waals surface area contributed by atoms with E-state index in [4.69, 9.17) is 0 Å². The van der Waals surface area contributed by atoms with E-state index in [-0.39, 0.29) is 11.8 Å². The third kappa shape index (κ3) is 5.99. The van der Waals surface area contributed by atoms with Crippen LogP contribution >= 0.6 is 0 Å². The number of rotatable bonds is 8. The van der Waals surface area contributed by atoms with Gasteiger partial charge in [-0.2, -0.15) is 0 Å². The maximum atomic E-state index is 13.3. The molecule has 0 bridgehead atoms. The zero-order valence-corrected chi connectivity index (χ0v) is 19.8. The first-order chi connectivity index (χ1) is 16.0. The number of amides is 1. The molecule has 33 heavy (non-hydrogen) atoms. The second kappa shape index (κ2) is 10.6. The zero-order chi connectivity index (χ0) is 23.2. The van der Waals surface area contributed by atoms with E-state index in [2.05, 4.69) is 65.6 Å². The van der Waals surface area contributed by atoms with Crippen LogP contribution in [0.25, 0.3) is 0 Å². The second-order valence-electron chi connectivity index (χ2n) is 9.29. The Balaban J connectivity index is 1.43. The Morgan fingerprint density at radius 2 is 1.82 bits per heavy atom. The fourth-order valence-corrected chi connectivity index (χ4v) is 4.33. The first-order valence-corrected chi connectivity index (χ1v) is 11.9. The molecule has 1 aromatic heterocycles. The van der Waals surface area contributed by atoms with E-state index in [0.29, 0.717) is 18.3 Å². The van der Waals surface area contributed by atoms with E-state index in [1.165, 1.54) is 17.5 Å². The van der Waals surface area contributed by atoms with Gasteiger partial charge in [0.1, 0.15) is 11.9 Å². The zero-order valence-electron chi connectivity index (χ0n) is 19.8. The van der Waals surface area contributed by atoms with Crippen molar-refractivity contribution < 1.29 is 4.79 Å². The molecule has 3 atom stereocenters. The molecule has 5 nitrogen and oxygen atoms in total. The smallest absolute Gasteiger partial charge is 0.247 e. The molecule has 0 unspecified atom stereocenters. The lowest BCUT2D eigenvalue weighted by molar-refractivity contribution is -0.118. The highest BCUT2D eigenvalue weighted by molar-refractivity contribution is 5.94. The summed E-state index contributed by atoms with van der Waals surface area (Å²) in [4.78, 5) is 20.1. The predicted octanol–water partition coefficient (Wildman–Crippen LogP) is 5.31. The molecule has 5 heteroatoms. The average Bonchev–Trinajstić information content (AvgIpc) is 3.27. The SMILES string of the molecule is Cc1ccc([C@H](C)CN[C@@H](C(=O)Nc2ccc(N3CC[C@H](C)C3)cn2)c2ccccc2)cc1. The van der Waals surface area contributed by atoms with Gasteiger partial charge in [0, 0.05) is 19.6 Å². The van der Waals surface area contributed by atoms with Crippen molar-refractivity contribution in [2.24, 2.45) is 5.92 Å². The number of hydrogen-bond donors (Lipinski definition) is 2. The second-order valence-corrected chi connectivity index (χ2v) is 9.29. The van der Waals surface area contributed by atoms with Crippen molar-refractivity contribution >= 4 is 17.4 Å². The van der Waals surface area contributed by atoms with Crippen LogP contribution in [0.4, 0.5) is 11.5 Å². The number of anilines is 2. The summed E-state index contributed by atoms with van der Waals surface area (Å²) in [5, 5.41) is 6.49. The minimum absolute atomic E-state index is 0.104. The van der Waals surface area contributed by atoms with Gasteiger partial charge in [-0.25, -0.2) is 4.98 Å². The van der Waals surface area contributed by atoms with E-state index >= 15 is 0 Å². The molecule has 0 spiro atoms. The molecular formula is C28H34N4O. The normalized spacial score (nSPS) is 17.5. The molecule has 0 radical (unpaired) electrons. The molecule has 0 aliphatic carbocycles. The van der Waals surface area contributed by atoms with Crippen molar-refractivity contribution in [1.82, 2.24) is 10.3 Å². The lowest BCUT2D eigenvalue weighted by Gasteiger charge is -2.22. The average molecular weight is 443 g/mol. The highest BCUT2D eigenvalue weighted by Crippen LogP contribution is 2.24. The van der Waals surface area contributed by atoms with Gasteiger partial charge in [0.2, 0.25) is 5.91 Å². The van der Waals surface area contributed by atoms with Gasteiger partial charge < -0.3 is 15.5 Å². The minimum atomic E-state index is -0.458. The molecule has 1 aliphatic rings. The number of aromatic nitrogens is 1. The number of carbonyl (C=O) groups excluding carboxylic acids is 1. The number of hydrogen-bond acceptors (Lipinski definition) is 4. The Bertz CT molecular complexity index is 1030. The van der Waals surface area contributed by atoms with Gasteiger partial charge in [-0.05, 0) is 48.4 Å². The predicted molar refractivity (Wildman–Crippen MR) is 136 cm³/mol. The lowest BCUT2D eigenvalue weighted by atomic mass is 9.98. The number of benzene rings is 2. The van der Waals surface area contributed by atoms with Crippen LogP contribution in [-0.2, 0) is 4.79 Å². The molecule has 0 saturated carbocycles. The van der Waals surface area contributed by atoms with Gasteiger partial charge in [-0.15, -0.1) is 0 Å². The largest absolute Gasteiger partial charge is 0.370 e. The highest BCUT2D eigenvalue weighted by Gasteiger charge is 2.22. The first-order valence-electron chi connectivity index (χ1n) is 11.9. The number of pyridine rings is 1. The summed E-state index contributed by atoms with van der Waals surface area (Å²) in [7, 11) is 0. The molecule has 1 amide bonds. The molecule has 172 valence electrons. The van der Waals surface area contributed by atoms with Gasteiger partial charge in [-0.1, -0.05) is 74.0 Å². The number of nitrogens with zero attached hydrogens (tertiary/aromatic N) is 2. The molecule has 1 fully saturated rings. The molecule has 2 aromatic carbocycles. The van der Waals surface area contributed by atoms with E-state index in [1.54, 1.807) is 0 Å². The van der Waals surface area contributed by atoms with Crippen molar-refractivity contribution in [3.63, 3.8) is 0 Å². The summed E-state index contributed by atoms with van der Waals surface area (Å²) < 4.78 is 0. The Labute approximate surface area is 197 Å². The summed E-state index contributed by atoms with van der Waals surface area (Å²) in [5.41, 5.74) is 4.56. The molecule has 2 heterocycles. The summed E-state index contributed by atoms with van der Waals surface area (Å²) in [6, 6.07) is 21.9. The fourth-order valence-electron chi connectivity index (χ4n) is 4.33. The van der Waals surface area contributed by atoms with Crippen LogP contribution in [-0.4, -0.2) is 30.5 Å². The standard InChI is InChI=1S/C28H34N4O/c1-20-9-11-23(12-10-20)22(3)17-30-27(24-7-5-4-6-8-24)28(33)31-26-14-13-25(18-29-26)32-16-15-21(2)19-32/h4-14,18,21-22,27,30H,15-17,19H2,1-3H3,(H,29,31,33)/t21-,22+,27+/m0/s1. The Hall–Kier alpha value is -3.18. The van der Waals surface area contributed by atoms with E-state index in [0.717, 1.165) is 24.3 Å². The van der Waals surface area contributed by atoms with Crippen molar-refractivity contribution in [3.05, 3.63) is 89.6 Å². The molecular weight excluding hydrogens is 408 g/mol. The van der Waals surface area contributed by atoms with Gasteiger partial charge >= 0.3 is 0 Å². The van der Waals surface area contributed by atoms with Crippen LogP contribution in [0.2, 0.25) is 0 Å². The summed E-state index contributed by atoms with van der Waals surface area (Å²) in [6.07, 6.45) is 3.07. The van der Waals surface area contributed by atoms with Crippen LogP contribution in [0.1, 0.15) is 48.9 Å². The van der Waals surface area contributed by atoms with Gasteiger partial charge in [0.15, 0.2) is 0 Å². The molecule has 1 aliphatic heterocycles. The van der Waals surface area contributed by atoms with Crippen molar-refractivity contribution in [2.75, 3.05) is 29.9 Å². The van der Waals surface area contributed by atoms with Gasteiger partial charge in [0.25, 0.3) is 0 Å². The number of aryl methyl sites for hydroxylation is 1. The maximum absolute atomic E-state index is 13.3. The summed E-state index contributed by atoms with van der Waals surface area (Å²) >= 11 is 0. The topological polar surface area (TPSA) is 57.3 Å². The third-order valence-electron chi connectivity index (χ3n) is 6.46. The third-order valence-corrected chi connectivity index (χ3v) is 6.46. The van der Waals surface area contributed by atoms with Crippen LogP contribution in [0.5, 0.6) is 0 Å². The number of nitrogens with one attached hydrogen (secondary N) is 2. The van der Waals surface area contributed by atoms with Gasteiger partial charge in [-0.3, -0.25) is 4.79 Å². The minimum Gasteiger partial charge on any atom is -0.370 e. The van der Waals surface area contributed by atoms with Crippen LogP contribution < -0.4 is 15.5 Å². The number of carbonyl (C=O) groups is 1. The van der Waals surface area contributed by atoms with Crippen LogP contribution in [0, 0.1) is 12.8 Å².